The van der Waals surface area contributed by atoms with Gasteiger partial charge in [-0.2, -0.15) is 0 Å². The molecular weight excluding hydrogens is 360 g/mol. The minimum absolute atomic E-state index is 0.177. The van der Waals surface area contributed by atoms with Crippen LogP contribution in [0.1, 0.15) is 11.1 Å². The summed E-state index contributed by atoms with van der Waals surface area (Å²) in [6.45, 7) is 7.53. The molecule has 0 amide bonds. The average molecular weight is 384 g/mol. The SMILES string of the molecule is C=CCOC(=O)OCC=C.O=C(OCc1ccccc1)OCc1ccccc1. The first-order chi connectivity index (χ1) is 13.7. The number of carbonyl (C=O) groups excluding carboxylic acids is 2. The number of hydrogen-bond donors (Lipinski definition) is 0. The summed E-state index contributed by atoms with van der Waals surface area (Å²) in [4.78, 5) is 21.8. The molecule has 0 atom stereocenters. The van der Waals surface area contributed by atoms with E-state index in [1.807, 2.05) is 60.7 Å². The van der Waals surface area contributed by atoms with Crippen molar-refractivity contribution in [3.63, 3.8) is 0 Å². The Morgan fingerprint density at radius 3 is 1.36 bits per heavy atom. The molecule has 0 radical (unpaired) electrons. The molecule has 2 rings (SSSR count). The molecule has 0 unspecified atom stereocenters. The molecule has 2 aromatic rings. The monoisotopic (exact) mass is 384 g/mol. The molecular formula is C22H24O6. The van der Waals surface area contributed by atoms with Crippen LogP contribution in [0, 0.1) is 0 Å². The van der Waals surface area contributed by atoms with Crippen molar-refractivity contribution in [2.45, 2.75) is 13.2 Å². The third kappa shape index (κ3) is 11.1. The second-order valence-corrected chi connectivity index (χ2v) is 5.25. The zero-order chi connectivity index (χ0) is 20.5. The predicted molar refractivity (Wildman–Crippen MR) is 106 cm³/mol. The third-order valence-corrected chi connectivity index (χ3v) is 3.04. The lowest BCUT2D eigenvalue weighted by Gasteiger charge is -2.06. The Balaban J connectivity index is 0.000000336. The van der Waals surface area contributed by atoms with E-state index in [0.29, 0.717) is 0 Å². The third-order valence-electron chi connectivity index (χ3n) is 3.04. The smallest absolute Gasteiger partial charge is 0.430 e. The lowest BCUT2D eigenvalue weighted by molar-refractivity contribution is 0.0446. The molecule has 0 aliphatic heterocycles. The standard InChI is InChI=1S/C15H14O3.C7H10O3/c16-15(17-11-13-7-3-1-4-8-13)18-12-14-9-5-2-6-10-14;1-3-5-9-7(8)10-6-4-2/h1-10H,11-12H2;3-4H,1-2,5-6H2. The van der Waals surface area contributed by atoms with Crippen molar-refractivity contribution in [2.24, 2.45) is 0 Å². The number of benzene rings is 2. The molecule has 0 heterocycles. The highest BCUT2D eigenvalue weighted by Crippen LogP contribution is 2.04. The highest BCUT2D eigenvalue weighted by atomic mass is 16.7. The highest BCUT2D eigenvalue weighted by Gasteiger charge is 2.04. The fraction of sp³-hybridized carbons (Fsp3) is 0.182. The first-order valence-corrected chi connectivity index (χ1v) is 8.54. The molecule has 6 heteroatoms. The zero-order valence-electron chi connectivity index (χ0n) is 15.6. The molecule has 0 bridgehead atoms. The number of ether oxygens (including phenoxy) is 4. The van der Waals surface area contributed by atoms with E-state index in [1.54, 1.807) is 0 Å². The molecule has 0 aliphatic rings. The second-order valence-electron chi connectivity index (χ2n) is 5.25. The summed E-state index contributed by atoms with van der Waals surface area (Å²) in [6.07, 6.45) is 1.59. The highest BCUT2D eigenvalue weighted by molar-refractivity contribution is 5.60. The van der Waals surface area contributed by atoms with Crippen LogP contribution in [0.5, 0.6) is 0 Å². The van der Waals surface area contributed by atoms with Crippen LogP contribution in [0.4, 0.5) is 9.59 Å². The Hall–Kier alpha value is -3.54. The van der Waals surface area contributed by atoms with Gasteiger partial charge in [-0.25, -0.2) is 9.59 Å². The van der Waals surface area contributed by atoms with Crippen LogP contribution in [0.3, 0.4) is 0 Å². The van der Waals surface area contributed by atoms with Gasteiger partial charge in [-0.15, -0.1) is 0 Å². The van der Waals surface area contributed by atoms with Crippen LogP contribution in [0.15, 0.2) is 86.0 Å². The van der Waals surface area contributed by atoms with Crippen molar-refractivity contribution in [3.8, 4) is 0 Å². The van der Waals surface area contributed by atoms with Crippen LogP contribution in [-0.2, 0) is 32.2 Å². The summed E-state index contributed by atoms with van der Waals surface area (Å²) in [5.41, 5.74) is 1.88. The Morgan fingerprint density at radius 2 is 1.00 bits per heavy atom. The lowest BCUT2D eigenvalue weighted by atomic mass is 10.2. The maximum absolute atomic E-state index is 11.3. The lowest BCUT2D eigenvalue weighted by Crippen LogP contribution is -2.07. The Labute approximate surface area is 165 Å². The van der Waals surface area contributed by atoms with Gasteiger partial charge in [-0.05, 0) is 11.1 Å². The van der Waals surface area contributed by atoms with Crippen molar-refractivity contribution < 1.29 is 28.5 Å². The molecule has 6 nitrogen and oxygen atoms in total. The van der Waals surface area contributed by atoms with E-state index in [0.717, 1.165) is 11.1 Å². The van der Waals surface area contributed by atoms with Gasteiger partial charge in [0.25, 0.3) is 0 Å². The summed E-state index contributed by atoms with van der Waals surface area (Å²) in [5, 5.41) is 0. The maximum Gasteiger partial charge on any atom is 0.508 e. The summed E-state index contributed by atoms with van der Waals surface area (Å²) in [6, 6.07) is 19.0. The van der Waals surface area contributed by atoms with Crippen molar-refractivity contribution >= 4 is 12.3 Å². The molecule has 28 heavy (non-hydrogen) atoms. The molecule has 0 N–H and O–H groups in total. The van der Waals surface area contributed by atoms with Gasteiger partial charge in [0.1, 0.15) is 26.4 Å². The van der Waals surface area contributed by atoms with Gasteiger partial charge >= 0.3 is 12.3 Å². The second kappa shape index (κ2) is 14.6. The van der Waals surface area contributed by atoms with Gasteiger partial charge in [0.2, 0.25) is 0 Å². The fourth-order valence-corrected chi connectivity index (χ4v) is 1.77. The normalized spacial score (nSPS) is 9.14. The minimum atomic E-state index is -0.695. The summed E-state index contributed by atoms with van der Waals surface area (Å²) < 4.78 is 18.9. The van der Waals surface area contributed by atoms with Gasteiger partial charge in [-0.3, -0.25) is 0 Å². The first-order valence-electron chi connectivity index (χ1n) is 8.54. The van der Waals surface area contributed by atoms with E-state index in [1.165, 1.54) is 12.2 Å². The van der Waals surface area contributed by atoms with E-state index in [4.69, 9.17) is 9.47 Å². The molecule has 2 aromatic carbocycles. The van der Waals surface area contributed by atoms with Gasteiger partial charge in [-0.1, -0.05) is 86.0 Å². The summed E-state index contributed by atoms with van der Waals surface area (Å²) in [5.74, 6) is 0. The fourth-order valence-electron chi connectivity index (χ4n) is 1.77. The van der Waals surface area contributed by atoms with Crippen molar-refractivity contribution in [2.75, 3.05) is 13.2 Å². The number of rotatable bonds is 8. The summed E-state index contributed by atoms with van der Waals surface area (Å²) in [7, 11) is 0. The molecule has 148 valence electrons. The Morgan fingerprint density at radius 1 is 0.643 bits per heavy atom. The maximum atomic E-state index is 11.3. The van der Waals surface area contributed by atoms with E-state index >= 15 is 0 Å². The molecule has 0 saturated carbocycles. The largest absolute Gasteiger partial charge is 0.508 e. The van der Waals surface area contributed by atoms with Crippen LogP contribution >= 0.6 is 0 Å². The van der Waals surface area contributed by atoms with Crippen LogP contribution in [0.2, 0.25) is 0 Å². The van der Waals surface area contributed by atoms with Crippen molar-refractivity contribution in [1.29, 1.82) is 0 Å². The molecule has 0 saturated heterocycles. The van der Waals surface area contributed by atoms with E-state index in [2.05, 4.69) is 22.6 Å². The molecule has 0 fully saturated rings. The first kappa shape index (κ1) is 22.5. The van der Waals surface area contributed by atoms with E-state index < -0.39 is 12.3 Å². The Bertz CT molecular complexity index is 653. The predicted octanol–water partition coefficient (Wildman–Crippen LogP) is 5.05. The van der Waals surface area contributed by atoms with Gasteiger partial charge in [0, 0.05) is 0 Å². The van der Waals surface area contributed by atoms with Crippen LogP contribution < -0.4 is 0 Å². The molecule has 0 spiro atoms. The van der Waals surface area contributed by atoms with Gasteiger partial charge < -0.3 is 18.9 Å². The average Bonchev–Trinajstić information content (AvgIpc) is 2.75. The number of carbonyl (C=O) groups is 2. The van der Waals surface area contributed by atoms with Crippen molar-refractivity contribution in [1.82, 2.24) is 0 Å². The summed E-state index contributed by atoms with van der Waals surface area (Å²) >= 11 is 0. The van der Waals surface area contributed by atoms with Gasteiger partial charge in [0.15, 0.2) is 0 Å². The van der Waals surface area contributed by atoms with Crippen LogP contribution in [-0.4, -0.2) is 25.5 Å². The van der Waals surface area contributed by atoms with E-state index in [9.17, 15) is 9.59 Å². The van der Waals surface area contributed by atoms with Crippen LogP contribution in [0.25, 0.3) is 0 Å². The van der Waals surface area contributed by atoms with Crippen molar-refractivity contribution in [3.05, 3.63) is 97.1 Å². The number of hydrogen-bond acceptors (Lipinski definition) is 6. The zero-order valence-corrected chi connectivity index (χ0v) is 15.6. The van der Waals surface area contributed by atoms with Gasteiger partial charge in [0.05, 0.1) is 0 Å². The minimum Gasteiger partial charge on any atom is -0.430 e. The molecule has 0 aliphatic carbocycles. The quantitative estimate of drug-likeness (QED) is 0.468. The molecule has 0 aromatic heterocycles. The van der Waals surface area contributed by atoms with E-state index in [-0.39, 0.29) is 26.4 Å². The topological polar surface area (TPSA) is 71.1 Å². The Kier molecular flexibility index (Phi) is 11.7.